The Morgan fingerprint density at radius 2 is 2.24 bits per heavy atom. The molecule has 0 saturated heterocycles. The first-order valence-corrected chi connectivity index (χ1v) is 7.29. The summed E-state index contributed by atoms with van der Waals surface area (Å²) < 4.78 is 3.16. The van der Waals surface area contributed by atoms with Gasteiger partial charge >= 0.3 is 0 Å². The van der Waals surface area contributed by atoms with Gasteiger partial charge in [0.2, 0.25) is 0 Å². The maximum Gasteiger partial charge on any atom is 0.0766 e. The van der Waals surface area contributed by atoms with E-state index in [9.17, 15) is 5.11 Å². The second-order valence-corrected chi connectivity index (χ2v) is 5.87. The number of rotatable bonds is 3. The molecular weight excluding hydrogens is 280 g/mol. The molecule has 0 amide bonds. The van der Waals surface area contributed by atoms with Crippen LogP contribution >= 0.6 is 15.9 Å². The lowest BCUT2D eigenvalue weighted by Crippen LogP contribution is -2.21. The maximum atomic E-state index is 9.71. The highest BCUT2D eigenvalue weighted by molar-refractivity contribution is 9.10. The molecule has 2 rings (SSSR count). The highest BCUT2D eigenvalue weighted by Gasteiger charge is 2.23. The molecule has 0 bridgehead atoms. The van der Waals surface area contributed by atoms with Crippen LogP contribution in [0.3, 0.4) is 0 Å². The van der Waals surface area contributed by atoms with Crippen molar-refractivity contribution in [3.8, 4) is 0 Å². The van der Waals surface area contributed by atoms with Crippen LogP contribution in [-0.4, -0.2) is 21.0 Å². The Morgan fingerprint density at radius 1 is 1.47 bits per heavy atom. The van der Waals surface area contributed by atoms with Gasteiger partial charge in [0, 0.05) is 7.05 Å². The van der Waals surface area contributed by atoms with Gasteiger partial charge in [0.1, 0.15) is 0 Å². The van der Waals surface area contributed by atoms with Gasteiger partial charge in [-0.2, -0.15) is 5.10 Å². The molecule has 4 heteroatoms. The van der Waals surface area contributed by atoms with Crippen LogP contribution in [0.2, 0.25) is 0 Å². The number of aromatic nitrogens is 2. The zero-order valence-electron chi connectivity index (χ0n) is 10.6. The van der Waals surface area contributed by atoms with Crippen molar-refractivity contribution in [3.05, 3.63) is 15.9 Å². The van der Waals surface area contributed by atoms with Crippen molar-refractivity contribution in [1.82, 2.24) is 9.78 Å². The van der Waals surface area contributed by atoms with E-state index < -0.39 is 0 Å². The van der Waals surface area contributed by atoms with E-state index in [1.54, 1.807) is 0 Å². The van der Waals surface area contributed by atoms with Gasteiger partial charge in [-0.05, 0) is 54.0 Å². The molecule has 0 spiro atoms. The van der Waals surface area contributed by atoms with Crippen molar-refractivity contribution in [2.45, 2.75) is 51.6 Å². The van der Waals surface area contributed by atoms with E-state index in [1.807, 2.05) is 11.7 Å². The average molecular weight is 301 g/mol. The van der Waals surface area contributed by atoms with Crippen molar-refractivity contribution >= 4 is 15.9 Å². The summed E-state index contributed by atoms with van der Waals surface area (Å²) in [5, 5.41) is 14.2. The molecule has 2 atom stereocenters. The molecule has 2 unspecified atom stereocenters. The SMILES string of the molecule is CCc1nn(C)c(CC2CCCC(O)C2)c1Br. The zero-order chi connectivity index (χ0) is 12.4. The molecule has 1 fully saturated rings. The van der Waals surface area contributed by atoms with Crippen LogP contribution in [-0.2, 0) is 19.9 Å². The normalized spacial score (nSPS) is 25.2. The molecule has 1 saturated carbocycles. The molecular formula is C13H21BrN2O. The molecule has 1 aromatic heterocycles. The third kappa shape index (κ3) is 2.91. The Labute approximate surface area is 111 Å². The van der Waals surface area contributed by atoms with Crippen LogP contribution in [0.1, 0.15) is 44.0 Å². The molecule has 0 radical (unpaired) electrons. The number of hydrogen-bond acceptors (Lipinski definition) is 2. The maximum absolute atomic E-state index is 9.71. The Balaban J connectivity index is 2.10. The highest BCUT2D eigenvalue weighted by atomic mass is 79.9. The number of aliphatic hydroxyl groups excluding tert-OH is 1. The van der Waals surface area contributed by atoms with E-state index in [-0.39, 0.29) is 6.10 Å². The number of aryl methyl sites for hydroxylation is 2. The minimum atomic E-state index is -0.0913. The minimum Gasteiger partial charge on any atom is -0.393 e. The highest BCUT2D eigenvalue weighted by Crippen LogP contribution is 2.30. The number of halogens is 1. The van der Waals surface area contributed by atoms with Gasteiger partial charge in [0.25, 0.3) is 0 Å². The van der Waals surface area contributed by atoms with E-state index >= 15 is 0 Å². The van der Waals surface area contributed by atoms with Gasteiger partial charge < -0.3 is 5.11 Å². The lowest BCUT2D eigenvalue weighted by atomic mass is 9.84. The molecule has 1 aliphatic carbocycles. The molecule has 1 aromatic rings. The van der Waals surface area contributed by atoms with Crippen molar-refractivity contribution < 1.29 is 5.11 Å². The second-order valence-electron chi connectivity index (χ2n) is 5.08. The molecule has 1 aliphatic rings. The summed E-state index contributed by atoms with van der Waals surface area (Å²) in [6, 6.07) is 0. The smallest absolute Gasteiger partial charge is 0.0766 e. The van der Waals surface area contributed by atoms with E-state index in [0.717, 1.165) is 37.8 Å². The average Bonchev–Trinajstić information content (AvgIpc) is 2.56. The largest absolute Gasteiger partial charge is 0.393 e. The first kappa shape index (κ1) is 13.1. The minimum absolute atomic E-state index is 0.0913. The third-order valence-electron chi connectivity index (χ3n) is 3.74. The molecule has 1 N–H and O–H groups in total. The van der Waals surface area contributed by atoms with Crippen LogP contribution < -0.4 is 0 Å². The summed E-state index contributed by atoms with van der Waals surface area (Å²) in [7, 11) is 2.01. The predicted molar refractivity (Wildman–Crippen MR) is 72.0 cm³/mol. The summed E-state index contributed by atoms with van der Waals surface area (Å²) in [5.74, 6) is 0.607. The van der Waals surface area contributed by atoms with Crippen LogP contribution in [0, 0.1) is 5.92 Å². The summed E-state index contributed by atoms with van der Waals surface area (Å²) in [4.78, 5) is 0. The quantitative estimate of drug-likeness (QED) is 0.932. The van der Waals surface area contributed by atoms with Crippen LogP contribution in [0.4, 0.5) is 0 Å². The van der Waals surface area contributed by atoms with E-state index in [1.165, 1.54) is 16.6 Å². The van der Waals surface area contributed by atoms with Gasteiger partial charge in [-0.3, -0.25) is 4.68 Å². The van der Waals surface area contributed by atoms with Gasteiger partial charge in [0.05, 0.1) is 22.0 Å². The van der Waals surface area contributed by atoms with E-state index in [0.29, 0.717) is 5.92 Å². The fourth-order valence-corrected chi connectivity index (χ4v) is 3.54. The third-order valence-corrected chi connectivity index (χ3v) is 4.66. The topological polar surface area (TPSA) is 38.0 Å². The van der Waals surface area contributed by atoms with Crippen LogP contribution in [0.25, 0.3) is 0 Å². The summed E-state index contributed by atoms with van der Waals surface area (Å²) in [5.41, 5.74) is 2.42. The Hall–Kier alpha value is -0.350. The van der Waals surface area contributed by atoms with Gasteiger partial charge in [-0.1, -0.05) is 13.3 Å². The number of aliphatic hydroxyl groups is 1. The zero-order valence-corrected chi connectivity index (χ0v) is 12.2. The Kier molecular flexibility index (Phi) is 4.26. The lowest BCUT2D eigenvalue weighted by Gasteiger charge is -2.25. The Bertz CT molecular complexity index is 389. The molecule has 1 heterocycles. The number of hydrogen-bond donors (Lipinski definition) is 1. The first-order valence-electron chi connectivity index (χ1n) is 6.50. The van der Waals surface area contributed by atoms with Crippen LogP contribution in [0.5, 0.6) is 0 Å². The van der Waals surface area contributed by atoms with Gasteiger partial charge in [0.15, 0.2) is 0 Å². The molecule has 17 heavy (non-hydrogen) atoms. The molecule has 96 valence electrons. The van der Waals surface area contributed by atoms with Crippen molar-refractivity contribution in [3.63, 3.8) is 0 Å². The molecule has 3 nitrogen and oxygen atoms in total. The van der Waals surface area contributed by atoms with Gasteiger partial charge in [-0.25, -0.2) is 0 Å². The predicted octanol–water partition coefficient (Wildman–Crippen LogP) is 2.84. The van der Waals surface area contributed by atoms with E-state index in [2.05, 4.69) is 28.0 Å². The number of nitrogens with zero attached hydrogens (tertiary/aromatic N) is 2. The fourth-order valence-electron chi connectivity index (χ4n) is 2.76. The van der Waals surface area contributed by atoms with E-state index in [4.69, 9.17) is 0 Å². The van der Waals surface area contributed by atoms with Gasteiger partial charge in [-0.15, -0.1) is 0 Å². The first-order chi connectivity index (χ1) is 8.11. The Morgan fingerprint density at radius 3 is 2.82 bits per heavy atom. The summed E-state index contributed by atoms with van der Waals surface area (Å²) in [6.07, 6.45) is 6.20. The monoisotopic (exact) mass is 300 g/mol. The molecule has 0 aliphatic heterocycles. The summed E-state index contributed by atoms with van der Waals surface area (Å²) in [6.45, 7) is 2.13. The lowest BCUT2D eigenvalue weighted by molar-refractivity contribution is 0.100. The molecule has 0 aromatic carbocycles. The van der Waals surface area contributed by atoms with Crippen molar-refractivity contribution in [2.24, 2.45) is 13.0 Å². The van der Waals surface area contributed by atoms with Crippen LogP contribution in [0.15, 0.2) is 4.47 Å². The van der Waals surface area contributed by atoms with Crippen molar-refractivity contribution in [1.29, 1.82) is 0 Å². The fraction of sp³-hybridized carbons (Fsp3) is 0.769. The second kappa shape index (κ2) is 5.53. The van der Waals surface area contributed by atoms with Crippen molar-refractivity contribution in [2.75, 3.05) is 0 Å². The standard InChI is InChI=1S/C13H21BrN2O/c1-3-11-13(14)12(16(2)15-11)8-9-5-4-6-10(17)7-9/h9-10,17H,3-8H2,1-2H3. The summed E-state index contributed by atoms with van der Waals surface area (Å²) >= 11 is 3.66.